The van der Waals surface area contributed by atoms with E-state index in [0.717, 1.165) is 36.8 Å². The van der Waals surface area contributed by atoms with Crippen LogP contribution in [-0.4, -0.2) is 44.7 Å². The average Bonchev–Trinajstić information content (AvgIpc) is 3.17. The van der Waals surface area contributed by atoms with Gasteiger partial charge in [0.2, 0.25) is 5.95 Å². The van der Waals surface area contributed by atoms with E-state index in [-0.39, 0.29) is 5.75 Å². The molecule has 0 radical (unpaired) electrons. The Hall–Kier alpha value is -1.24. The first-order chi connectivity index (χ1) is 9.58. The molecule has 7 heteroatoms. The summed E-state index contributed by atoms with van der Waals surface area (Å²) in [5.41, 5.74) is 0. The summed E-state index contributed by atoms with van der Waals surface area (Å²) in [6, 6.07) is 0.877. The lowest BCUT2D eigenvalue weighted by atomic mass is 10.1. The highest BCUT2D eigenvalue weighted by Crippen LogP contribution is 2.41. The fourth-order valence-electron chi connectivity index (χ4n) is 2.39. The zero-order valence-electron chi connectivity index (χ0n) is 12.2. The van der Waals surface area contributed by atoms with Gasteiger partial charge in [0.25, 0.3) is 0 Å². The third-order valence-electron chi connectivity index (χ3n) is 3.69. The van der Waals surface area contributed by atoms with Gasteiger partial charge in [-0.25, -0.2) is 0 Å². The van der Waals surface area contributed by atoms with Crippen LogP contribution in [0.4, 0.5) is 5.95 Å². The molecule has 1 aromatic heterocycles. The number of hydrogen-bond acceptors (Lipinski definition) is 5. The highest BCUT2D eigenvalue weighted by molar-refractivity contribution is 7.99. The minimum atomic E-state index is -0.824. The minimum absolute atomic E-state index is 0.0273. The molecule has 1 N–H and O–H groups in total. The van der Waals surface area contributed by atoms with Crippen LogP contribution in [0, 0.1) is 0 Å². The van der Waals surface area contributed by atoms with E-state index in [4.69, 9.17) is 5.11 Å². The molecule has 1 fully saturated rings. The van der Waals surface area contributed by atoms with Crippen LogP contribution < -0.4 is 4.90 Å². The predicted octanol–water partition coefficient (Wildman–Crippen LogP) is 2.41. The molecular weight excluding hydrogens is 276 g/mol. The van der Waals surface area contributed by atoms with E-state index in [9.17, 15) is 4.79 Å². The third-order valence-corrected chi connectivity index (χ3v) is 4.62. The van der Waals surface area contributed by atoms with Crippen molar-refractivity contribution in [2.75, 3.05) is 17.7 Å². The summed E-state index contributed by atoms with van der Waals surface area (Å²) in [5.74, 6) is 0.0730. The first-order valence-electron chi connectivity index (χ1n) is 7.10. The first kappa shape index (κ1) is 15.2. The van der Waals surface area contributed by atoms with Crippen LogP contribution in [0.1, 0.15) is 45.6 Å². The quantitative estimate of drug-likeness (QED) is 0.743. The summed E-state index contributed by atoms with van der Waals surface area (Å²) in [5, 5.41) is 18.0. The fraction of sp³-hybridized carbons (Fsp3) is 0.769. The Kier molecular flexibility index (Phi) is 4.91. The standard InChI is InChI=1S/C13H22N4O2S/c1-4-9(5-2)16(3)12-14-15-13(20-8-11(18)19)17(12)10-6-7-10/h9-10H,4-8H2,1-3H3,(H,18,19). The number of thioether (sulfide) groups is 1. The van der Waals surface area contributed by atoms with Crippen LogP contribution in [0.3, 0.4) is 0 Å². The van der Waals surface area contributed by atoms with Crippen molar-refractivity contribution in [2.45, 2.75) is 56.8 Å². The molecule has 0 amide bonds. The maximum absolute atomic E-state index is 10.7. The number of anilines is 1. The van der Waals surface area contributed by atoms with Crippen molar-refractivity contribution in [3.05, 3.63) is 0 Å². The van der Waals surface area contributed by atoms with E-state index in [0.29, 0.717) is 12.1 Å². The molecule has 0 aromatic carbocycles. The number of carbonyl (C=O) groups is 1. The van der Waals surface area contributed by atoms with Crippen molar-refractivity contribution >= 4 is 23.7 Å². The molecule has 1 heterocycles. The second-order valence-corrected chi connectivity index (χ2v) is 6.09. The molecule has 0 bridgehead atoms. The van der Waals surface area contributed by atoms with Gasteiger partial charge in [-0.15, -0.1) is 10.2 Å². The number of carboxylic acids is 1. The monoisotopic (exact) mass is 298 g/mol. The van der Waals surface area contributed by atoms with E-state index < -0.39 is 5.97 Å². The highest BCUT2D eigenvalue weighted by Gasteiger charge is 2.32. The van der Waals surface area contributed by atoms with Gasteiger partial charge >= 0.3 is 5.97 Å². The van der Waals surface area contributed by atoms with Gasteiger partial charge in [-0.3, -0.25) is 9.36 Å². The van der Waals surface area contributed by atoms with Crippen molar-refractivity contribution in [1.82, 2.24) is 14.8 Å². The molecular formula is C13H22N4O2S. The number of rotatable bonds is 8. The smallest absolute Gasteiger partial charge is 0.313 e. The second-order valence-electron chi connectivity index (χ2n) is 5.15. The molecule has 20 heavy (non-hydrogen) atoms. The van der Waals surface area contributed by atoms with E-state index in [1.54, 1.807) is 0 Å². The zero-order chi connectivity index (χ0) is 14.7. The zero-order valence-corrected chi connectivity index (χ0v) is 13.1. The van der Waals surface area contributed by atoms with Gasteiger partial charge in [0, 0.05) is 19.1 Å². The van der Waals surface area contributed by atoms with E-state index in [1.165, 1.54) is 11.8 Å². The number of nitrogens with zero attached hydrogens (tertiary/aromatic N) is 4. The van der Waals surface area contributed by atoms with E-state index in [1.807, 2.05) is 7.05 Å². The molecule has 1 aliphatic rings. The molecule has 6 nitrogen and oxygen atoms in total. The van der Waals surface area contributed by atoms with Crippen molar-refractivity contribution < 1.29 is 9.90 Å². The molecule has 0 spiro atoms. The second kappa shape index (κ2) is 6.47. The lowest BCUT2D eigenvalue weighted by molar-refractivity contribution is -0.133. The van der Waals surface area contributed by atoms with E-state index >= 15 is 0 Å². The Morgan fingerprint density at radius 1 is 1.45 bits per heavy atom. The molecule has 0 saturated heterocycles. The SMILES string of the molecule is CCC(CC)N(C)c1nnc(SCC(=O)O)n1C1CC1. The number of carboxylic acid groups (broad SMARTS) is 1. The molecule has 0 aliphatic heterocycles. The highest BCUT2D eigenvalue weighted by atomic mass is 32.2. The summed E-state index contributed by atoms with van der Waals surface area (Å²) in [7, 11) is 2.05. The molecule has 0 unspecified atom stereocenters. The van der Waals surface area contributed by atoms with Crippen LogP contribution in [0.2, 0.25) is 0 Å². The lowest BCUT2D eigenvalue weighted by Crippen LogP contribution is -2.32. The first-order valence-corrected chi connectivity index (χ1v) is 8.09. The molecule has 112 valence electrons. The van der Waals surface area contributed by atoms with Crippen LogP contribution >= 0.6 is 11.8 Å². The fourth-order valence-corrected chi connectivity index (χ4v) is 3.11. The van der Waals surface area contributed by atoms with Crippen LogP contribution in [0.5, 0.6) is 0 Å². The molecule has 1 aromatic rings. The van der Waals surface area contributed by atoms with Gasteiger partial charge in [0.05, 0.1) is 5.75 Å². The van der Waals surface area contributed by atoms with Crippen LogP contribution in [-0.2, 0) is 4.79 Å². The molecule has 2 rings (SSSR count). The summed E-state index contributed by atoms with van der Waals surface area (Å²) < 4.78 is 2.12. The van der Waals surface area contributed by atoms with Gasteiger partial charge in [-0.1, -0.05) is 25.6 Å². The topological polar surface area (TPSA) is 71.2 Å². The third kappa shape index (κ3) is 3.26. The lowest BCUT2D eigenvalue weighted by Gasteiger charge is -2.27. The summed E-state index contributed by atoms with van der Waals surface area (Å²) in [6.07, 6.45) is 4.37. The maximum atomic E-state index is 10.7. The van der Waals surface area contributed by atoms with Crippen LogP contribution in [0.25, 0.3) is 0 Å². The summed E-state index contributed by atoms with van der Waals surface area (Å²) in [6.45, 7) is 4.34. The largest absolute Gasteiger partial charge is 0.481 e. The number of hydrogen-bond donors (Lipinski definition) is 1. The van der Waals surface area contributed by atoms with Crippen molar-refractivity contribution in [3.63, 3.8) is 0 Å². The van der Waals surface area contributed by atoms with Gasteiger partial charge in [0.1, 0.15) is 0 Å². The number of aliphatic carboxylic acids is 1. The Balaban J connectivity index is 2.22. The maximum Gasteiger partial charge on any atom is 0.313 e. The Labute approximate surface area is 123 Å². The molecule has 1 aliphatic carbocycles. The van der Waals surface area contributed by atoms with Gasteiger partial charge in [-0.05, 0) is 25.7 Å². The number of aromatic nitrogens is 3. The Bertz CT molecular complexity index is 469. The average molecular weight is 298 g/mol. The van der Waals surface area contributed by atoms with Gasteiger partial charge < -0.3 is 10.0 Å². The predicted molar refractivity (Wildman–Crippen MR) is 79.4 cm³/mol. The summed E-state index contributed by atoms with van der Waals surface area (Å²) in [4.78, 5) is 12.9. The Morgan fingerprint density at radius 2 is 2.10 bits per heavy atom. The van der Waals surface area contributed by atoms with Gasteiger partial charge in [0.15, 0.2) is 5.16 Å². The Morgan fingerprint density at radius 3 is 2.60 bits per heavy atom. The van der Waals surface area contributed by atoms with Crippen molar-refractivity contribution in [3.8, 4) is 0 Å². The normalized spacial score (nSPS) is 14.8. The van der Waals surface area contributed by atoms with Crippen LogP contribution in [0.15, 0.2) is 5.16 Å². The van der Waals surface area contributed by atoms with Crippen molar-refractivity contribution in [1.29, 1.82) is 0 Å². The molecule has 0 atom stereocenters. The van der Waals surface area contributed by atoms with Gasteiger partial charge in [-0.2, -0.15) is 0 Å². The van der Waals surface area contributed by atoms with Crippen molar-refractivity contribution in [2.24, 2.45) is 0 Å². The van der Waals surface area contributed by atoms with E-state index in [2.05, 4.69) is 33.5 Å². The minimum Gasteiger partial charge on any atom is -0.481 e. The summed E-state index contributed by atoms with van der Waals surface area (Å²) >= 11 is 1.25. The molecule has 1 saturated carbocycles.